The first-order valence-corrected chi connectivity index (χ1v) is 9.91. The third-order valence-electron chi connectivity index (χ3n) is 2.73. The van der Waals surface area contributed by atoms with Crippen molar-refractivity contribution < 1.29 is 18.9 Å². The van der Waals surface area contributed by atoms with Crippen LogP contribution in [0.4, 0.5) is 0 Å². The molecular formula is C12H10O4S4. The van der Waals surface area contributed by atoms with E-state index in [-0.39, 0.29) is 0 Å². The van der Waals surface area contributed by atoms with Crippen molar-refractivity contribution in [1.29, 1.82) is 0 Å². The smallest absolute Gasteiger partial charge is 0.186 e. The van der Waals surface area contributed by atoms with E-state index in [9.17, 15) is 0 Å². The van der Waals surface area contributed by atoms with Gasteiger partial charge in [-0.25, -0.2) is 0 Å². The van der Waals surface area contributed by atoms with Gasteiger partial charge in [0.15, 0.2) is 23.0 Å². The third kappa shape index (κ3) is 2.34. The van der Waals surface area contributed by atoms with Crippen LogP contribution in [-0.4, -0.2) is 26.4 Å². The minimum Gasteiger partial charge on any atom is -0.485 e. The molecule has 2 aromatic heterocycles. The van der Waals surface area contributed by atoms with Crippen molar-refractivity contribution in [2.24, 2.45) is 0 Å². The number of fused-ring (bicyclic) bond motifs is 2. The lowest BCUT2D eigenvalue weighted by Gasteiger charge is -2.16. The number of thiophene rings is 2. The van der Waals surface area contributed by atoms with Crippen LogP contribution < -0.4 is 18.9 Å². The largest absolute Gasteiger partial charge is 0.485 e. The van der Waals surface area contributed by atoms with Crippen LogP contribution in [-0.2, 0) is 0 Å². The van der Waals surface area contributed by atoms with Crippen molar-refractivity contribution in [3.05, 3.63) is 10.8 Å². The summed E-state index contributed by atoms with van der Waals surface area (Å²) in [4.78, 5) is 0. The molecule has 0 spiro atoms. The zero-order valence-electron chi connectivity index (χ0n) is 10.2. The van der Waals surface area contributed by atoms with Gasteiger partial charge in [0.25, 0.3) is 0 Å². The lowest BCUT2D eigenvalue weighted by molar-refractivity contribution is 0.170. The van der Waals surface area contributed by atoms with Crippen molar-refractivity contribution in [3.8, 4) is 23.0 Å². The van der Waals surface area contributed by atoms with Gasteiger partial charge in [-0.2, -0.15) is 0 Å². The summed E-state index contributed by atoms with van der Waals surface area (Å²) in [7, 11) is 3.35. The Morgan fingerprint density at radius 3 is 1.65 bits per heavy atom. The Labute approximate surface area is 131 Å². The van der Waals surface area contributed by atoms with Crippen LogP contribution in [0.15, 0.2) is 19.2 Å². The molecule has 0 N–H and O–H groups in total. The monoisotopic (exact) mass is 346 g/mol. The zero-order chi connectivity index (χ0) is 13.4. The highest BCUT2D eigenvalue weighted by Gasteiger charge is 2.22. The molecule has 2 aliphatic heterocycles. The fraction of sp³-hybridized carbons (Fsp3) is 0.333. The van der Waals surface area contributed by atoms with Crippen LogP contribution in [0.1, 0.15) is 0 Å². The number of hydrogen-bond donors (Lipinski definition) is 0. The van der Waals surface area contributed by atoms with Crippen LogP contribution in [0.5, 0.6) is 23.0 Å². The lowest BCUT2D eigenvalue weighted by atomic mass is 10.5. The Kier molecular flexibility index (Phi) is 3.63. The summed E-state index contributed by atoms with van der Waals surface area (Å²) in [6.07, 6.45) is 0. The minimum absolute atomic E-state index is 0.618. The maximum absolute atomic E-state index is 5.68. The fourth-order valence-corrected chi connectivity index (χ4v) is 6.63. The van der Waals surface area contributed by atoms with E-state index < -0.39 is 0 Å². The molecular weight excluding hydrogens is 336 g/mol. The van der Waals surface area contributed by atoms with Gasteiger partial charge in [-0.15, -0.1) is 22.7 Å². The van der Waals surface area contributed by atoms with E-state index in [1.54, 1.807) is 44.3 Å². The standard InChI is InChI=1S/C12H10O4S4/c1-3-15-9-7(13-1)5-17-11(9)19-20-12-10-8(6-18-12)14-2-4-16-10/h5-6H,1-4H2. The molecule has 0 amide bonds. The average molecular weight is 346 g/mol. The molecule has 2 aliphatic rings. The topological polar surface area (TPSA) is 36.9 Å². The first-order valence-electron chi connectivity index (χ1n) is 6.00. The normalized spacial score (nSPS) is 16.2. The lowest BCUT2D eigenvalue weighted by Crippen LogP contribution is -2.14. The highest BCUT2D eigenvalue weighted by Crippen LogP contribution is 2.55. The molecule has 0 bridgehead atoms. The van der Waals surface area contributed by atoms with Crippen LogP contribution in [0.25, 0.3) is 0 Å². The maximum atomic E-state index is 5.68. The summed E-state index contributed by atoms with van der Waals surface area (Å²) in [5.41, 5.74) is 0. The third-order valence-corrected chi connectivity index (χ3v) is 7.91. The molecule has 0 radical (unpaired) electrons. The van der Waals surface area contributed by atoms with E-state index in [0.29, 0.717) is 26.4 Å². The summed E-state index contributed by atoms with van der Waals surface area (Å²) < 4.78 is 24.7. The van der Waals surface area contributed by atoms with Crippen LogP contribution in [0.2, 0.25) is 0 Å². The molecule has 0 fully saturated rings. The predicted molar refractivity (Wildman–Crippen MR) is 82.3 cm³/mol. The van der Waals surface area contributed by atoms with Gasteiger partial charge in [0.1, 0.15) is 34.8 Å². The van der Waals surface area contributed by atoms with Crippen molar-refractivity contribution in [1.82, 2.24) is 0 Å². The van der Waals surface area contributed by atoms with Crippen LogP contribution >= 0.6 is 44.3 Å². The van der Waals surface area contributed by atoms with Gasteiger partial charge >= 0.3 is 0 Å². The van der Waals surface area contributed by atoms with Gasteiger partial charge in [-0.05, 0) is 21.6 Å². The summed E-state index contributed by atoms with van der Waals surface area (Å²) in [6, 6.07) is 0. The Morgan fingerprint density at radius 1 is 0.700 bits per heavy atom. The second-order valence-corrected chi connectivity index (χ2v) is 8.42. The van der Waals surface area contributed by atoms with Gasteiger partial charge in [-0.3, -0.25) is 0 Å². The van der Waals surface area contributed by atoms with Gasteiger partial charge in [0.2, 0.25) is 0 Å². The Balaban J connectivity index is 1.50. The van der Waals surface area contributed by atoms with Crippen molar-refractivity contribution >= 4 is 44.3 Å². The molecule has 0 aromatic carbocycles. The average Bonchev–Trinajstić information content (AvgIpc) is 3.09. The van der Waals surface area contributed by atoms with Crippen LogP contribution in [0.3, 0.4) is 0 Å². The predicted octanol–water partition coefficient (Wildman–Crippen LogP) is 4.15. The highest BCUT2D eigenvalue weighted by molar-refractivity contribution is 8.77. The van der Waals surface area contributed by atoms with Crippen molar-refractivity contribution in [2.45, 2.75) is 8.42 Å². The molecule has 106 valence electrons. The van der Waals surface area contributed by atoms with Gasteiger partial charge in [0.05, 0.1) is 0 Å². The van der Waals surface area contributed by atoms with Crippen molar-refractivity contribution in [2.75, 3.05) is 26.4 Å². The highest BCUT2D eigenvalue weighted by atomic mass is 33.1. The van der Waals surface area contributed by atoms with E-state index in [4.69, 9.17) is 18.9 Å². The molecule has 2 aromatic rings. The molecule has 0 unspecified atom stereocenters. The molecule has 0 atom stereocenters. The number of hydrogen-bond acceptors (Lipinski definition) is 8. The van der Waals surface area contributed by atoms with Crippen molar-refractivity contribution in [3.63, 3.8) is 0 Å². The van der Waals surface area contributed by atoms with Crippen LogP contribution in [0, 0.1) is 0 Å². The van der Waals surface area contributed by atoms with Gasteiger partial charge in [-0.1, -0.05) is 0 Å². The molecule has 0 aliphatic carbocycles. The second kappa shape index (κ2) is 5.59. The second-order valence-electron chi connectivity index (χ2n) is 3.99. The minimum atomic E-state index is 0.618. The molecule has 4 heterocycles. The van der Waals surface area contributed by atoms with E-state index in [1.165, 1.54) is 0 Å². The van der Waals surface area contributed by atoms with E-state index in [2.05, 4.69) is 0 Å². The van der Waals surface area contributed by atoms with Gasteiger partial charge < -0.3 is 18.9 Å². The Morgan fingerprint density at radius 2 is 1.15 bits per heavy atom. The fourth-order valence-electron chi connectivity index (χ4n) is 1.87. The van der Waals surface area contributed by atoms with E-state index in [1.807, 2.05) is 10.8 Å². The number of ether oxygens (including phenoxy) is 4. The first kappa shape index (κ1) is 13.0. The first-order chi connectivity index (χ1) is 9.92. The molecule has 20 heavy (non-hydrogen) atoms. The Hall–Kier alpha value is -0.700. The Bertz CT molecular complexity index is 567. The summed E-state index contributed by atoms with van der Waals surface area (Å²) in [5, 5.41) is 4.00. The maximum Gasteiger partial charge on any atom is 0.186 e. The quantitative estimate of drug-likeness (QED) is 0.777. The SMILES string of the molecule is c1sc(SSc2scc3c2OCCO3)c2c1OCCO2. The molecule has 0 saturated carbocycles. The molecule has 0 saturated heterocycles. The molecule has 4 rings (SSSR count). The zero-order valence-corrected chi connectivity index (χ0v) is 13.5. The molecule has 4 nitrogen and oxygen atoms in total. The van der Waals surface area contributed by atoms with E-state index >= 15 is 0 Å². The summed E-state index contributed by atoms with van der Waals surface area (Å²) in [5.74, 6) is 3.47. The number of rotatable bonds is 3. The molecule has 8 heteroatoms. The van der Waals surface area contributed by atoms with E-state index in [0.717, 1.165) is 31.4 Å². The van der Waals surface area contributed by atoms with Gasteiger partial charge in [0, 0.05) is 10.8 Å². The summed E-state index contributed by atoms with van der Waals surface area (Å²) >= 11 is 3.30. The summed E-state index contributed by atoms with van der Waals surface area (Å²) in [6.45, 7) is 2.50.